The van der Waals surface area contributed by atoms with Crippen LogP contribution in [0.15, 0.2) is 12.1 Å². The summed E-state index contributed by atoms with van der Waals surface area (Å²) in [6.45, 7) is 6.95. The van der Waals surface area contributed by atoms with Gasteiger partial charge in [0.25, 0.3) is 5.91 Å². The van der Waals surface area contributed by atoms with E-state index in [9.17, 15) is 4.79 Å². The summed E-state index contributed by atoms with van der Waals surface area (Å²) < 4.78 is 0. The van der Waals surface area contributed by atoms with Gasteiger partial charge >= 0.3 is 0 Å². The zero-order valence-corrected chi connectivity index (χ0v) is 12.2. The highest BCUT2D eigenvalue weighted by Crippen LogP contribution is 2.18. The minimum absolute atomic E-state index is 0.00856. The number of rotatable bonds is 6. The average molecular weight is 264 g/mol. The smallest absolute Gasteiger partial charge is 0.253 e. The first kappa shape index (κ1) is 15.4. The number of hydrogen-bond acceptors (Lipinski definition) is 4. The van der Waals surface area contributed by atoms with Crippen molar-refractivity contribution >= 4 is 11.7 Å². The van der Waals surface area contributed by atoms with E-state index in [0.29, 0.717) is 11.4 Å². The van der Waals surface area contributed by atoms with Gasteiger partial charge in [-0.25, -0.2) is 10.8 Å². The third-order valence-electron chi connectivity index (χ3n) is 3.03. The number of amides is 1. The Bertz CT molecular complexity index is 431. The molecule has 1 aromatic rings. The fourth-order valence-electron chi connectivity index (χ4n) is 1.76. The van der Waals surface area contributed by atoms with Gasteiger partial charge in [-0.3, -0.25) is 4.79 Å². The second kappa shape index (κ2) is 7.09. The molecule has 0 unspecified atom stereocenters. The summed E-state index contributed by atoms with van der Waals surface area (Å²) in [6.07, 6.45) is 2.08. The fraction of sp³-hybridized carbons (Fsp3) is 0.571. The molecule has 1 amide bonds. The number of hydrazine groups is 1. The largest absolute Gasteiger partial charge is 0.342 e. The first-order valence-corrected chi connectivity index (χ1v) is 6.73. The van der Waals surface area contributed by atoms with Gasteiger partial charge in [-0.05, 0) is 24.5 Å². The molecule has 0 atom stereocenters. The quantitative estimate of drug-likeness (QED) is 0.611. The Balaban J connectivity index is 2.98. The molecule has 106 valence electrons. The number of carbonyl (C=O) groups excluding carboxylic acids is 1. The third-order valence-corrected chi connectivity index (χ3v) is 3.03. The van der Waals surface area contributed by atoms with Crippen LogP contribution >= 0.6 is 0 Å². The maximum atomic E-state index is 12.3. The van der Waals surface area contributed by atoms with E-state index >= 15 is 0 Å². The molecule has 1 heterocycles. The first-order chi connectivity index (χ1) is 8.99. The van der Waals surface area contributed by atoms with Crippen LogP contribution in [-0.2, 0) is 0 Å². The lowest BCUT2D eigenvalue weighted by Gasteiger charge is -2.18. The average Bonchev–Trinajstić information content (AvgIpc) is 2.43. The molecule has 5 nitrogen and oxygen atoms in total. The number of hydrogen-bond donors (Lipinski definition) is 2. The predicted octanol–water partition coefficient (Wildman–Crippen LogP) is 2.36. The van der Waals surface area contributed by atoms with Gasteiger partial charge in [-0.2, -0.15) is 0 Å². The number of nitrogen functional groups attached to an aromatic ring is 1. The highest BCUT2D eigenvalue weighted by Gasteiger charge is 2.15. The van der Waals surface area contributed by atoms with Crippen molar-refractivity contribution in [3.8, 4) is 0 Å². The summed E-state index contributed by atoms with van der Waals surface area (Å²) in [4.78, 5) is 18.4. The predicted molar refractivity (Wildman–Crippen MR) is 78.0 cm³/mol. The van der Waals surface area contributed by atoms with E-state index in [4.69, 9.17) is 5.84 Å². The van der Waals surface area contributed by atoms with Gasteiger partial charge in [-0.1, -0.05) is 27.2 Å². The van der Waals surface area contributed by atoms with Crippen LogP contribution < -0.4 is 11.3 Å². The Morgan fingerprint density at radius 2 is 2.16 bits per heavy atom. The molecule has 0 spiro atoms. The van der Waals surface area contributed by atoms with E-state index in [2.05, 4.69) is 17.3 Å². The molecule has 0 fully saturated rings. The van der Waals surface area contributed by atoms with E-state index < -0.39 is 0 Å². The molecule has 0 aliphatic rings. The second-order valence-electron chi connectivity index (χ2n) is 5.05. The van der Waals surface area contributed by atoms with Crippen molar-refractivity contribution in [1.82, 2.24) is 9.88 Å². The first-order valence-electron chi connectivity index (χ1n) is 6.73. The monoisotopic (exact) mass is 264 g/mol. The second-order valence-corrected chi connectivity index (χ2v) is 5.05. The zero-order valence-electron chi connectivity index (χ0n) is 12.2. The molecule has 3 N–H and O–H groups in total. The summed E-state index contributed by atoms with van der Waals surface area (Å²) >= 11 is 0. The van der Waals surface area contributed by atoms with Crippen molar-refractivity contribution in [2.45, 2.75) is 39.5 Å². The zero-order chi connectivity index (χ0) is 14.4. The minimum atomic E-state index is 0.00856. The molecule has 0 aromatic carbocycles. The summed E-state index contributed by atoms with van der Waals surface area (Å²) in [5.74, 6) is 6.19. The lowest BCUT2D eigenvalue weighted by Crippen LogP contribution is -2.28. The van der Waals surface area contributed by atoms with E-state index in [1.807, 2.05) is 27.0 Å². The number of nitrogens with two attached hydrogens (primary N) is 1. The van der Waals surface area contributed by atoms with Crippen LogP contribution in [-0.4, -0.2) is 29.4 Å². The minimum Gasteiger partial charge on any atom is -0.342 e. The summed E-state index contributed by atoms with van der Waals surface area (Å²) in [5.41, 5.74) is 4.01. The number of aromatic nitrogens is 1. The van der Waals surface area contributed by atoms with Gasteiger partial charge in [0.2, 0.25) is 0 Å². The van der Waals surface area contributed by atoms with E-state index in [1.165, 1.54) is 0 Å². The van der Waals surface area contributed by atoms with Crippen molar-refractivity contribution in [3.05, 3.63) is 23.4 Å². The van der Waals surface area contributed by atoms with Crippen LogP contribution in [0.2, 0.25) is 0 Å². The van der Waals surface area contributed by atoms with Crippen LogP contribution in [0.25, 0.3) is 0 Å². The van der Waals surface area contributed by atoms with E-state index in [1.54, 1.807) is 11.0 Å². The van der Waals surface area contributed by atoms with Gasteiger partial charge in [0, 0.05) is 24.8 Å². The maximum absolute atomic E-state index is 12.3. The number of carbonyl (C=O) groups is 1. The van der Waals surface area contributed by atoms with Gasteiger partial charge < -0.3 is 10.3 Å². The topological polar surface area (TPSA) is 71.2 Å². The molecule has 0 saturated heterocycles. The van der Waals surface area contributed by atoms with E-state index in [-0.39, 0.29) is 11.8 Å². The van der Waals surface area contributed by atoms with Crippen molar-refractivity contribution in [3.63, 3.8) is 0 Å². The Kier molecular flexibility index (Phi) is 5.76. The molecule has 5 heteroatoms. The maximum Gasteiger partial charge on any atom is 0.253 e. The molecule has 0 aliphatic carbocycles. The van der Waals surface area contributed by atoms with Crippen molar-refractivity contribution in [2.24, 2.45) is 5.84 Å². The molecule has 0 bridgehead atoms. The Morgan fingerprint density at radius 1 is 1.47 bits per heavy atom. The van der Waals surface area contributed by atoms with Crippen molar-refractivity contribution < 1.29 is 4.79 Å². The highest BCUT2D eigenvalue weighted by molar-refractivity contribution is 5.94. The normalized spacial score (nSPS) is 10.6. The van der Waals surface area contributed by atoms with E-state index in [0.717, 1.165) is 25.1 Å². The molecule has 0 saturated carbocycles. The van der Waals surface area contributed by atoms with Crippen molar-refractivity contribution in [1.29, 1.82) is 0 Å². The molecular formula is C14H24N4O. The molecule has 0 aliphatic heterocycles. The lowest BCUT2D eigenvalue weighted by atomic mass is 10.1. The Morgan fingerprint density at radius 3 is 2.68 bits per heavy atom. The van der Waals surface area contributed by atoms with Crippen LogP contribution in [0.1, 0.15) is 55.6 Å². The van der Waals surface area contributed by atoms with Crippen LogP contribution in [0.4, 0.5) is 5.82 Å². The molecule has 1 rings (SSSR count). The van der Waals surface area contributed by atoms with Gasteiger partial charge in [0.05, 0.1) is 0 Å². The highest BCUT2D eigenvalue weighted by atomic mass is 16.2. The van der Waals surface area contributed by atoms with Crippen LogP contribution in [0, 0.1) is 0 Å². The number of nitrogens with zero attached hydrogens (tertiary/aromatic N) is 2. The molecular weight excluding hydrogens is 240 g/mol. The van der Waals surface area contributed by atoms with Crippen LogP contribution in [0.3, 0.4) is 0 Å². The standard InChI is InChI=1S/C14H24N4O/c1-5-6-7-18(4)14(19)11-8-12(10(2)3)16-13(9-11)17-15/h8-10H,5-7,15H2,1-4H3,(H,16,17). The number of anilines is 1. The summed E-state index contributed by atoms with van der Waals surface area (Å²) in [5, 5.41) is 0. The molecule has 0 radical (unpaired) electrons. The number of unbranched alkanes of at least 4 members (excludes halogenated alkanes) is 1. The Labute approximate surface area is 115 Å². The molecule has 19 heavy (non-hydrogen) atoms. The molecule has 1 aromatic heterocycles. The fourth-order valence-corrected chi connectivity index (χ4v) is 1.76. The summed E-state index contributed by atoms with van der Waals surface area (Å²) in [7, 11) is 1.82. The SMILES string of the molecule is CCCCN(C)C(=O)c1cc(NN)nc(C(C)C)c1. The van der Waals surface area contributed by atoms with Gasteiger partial charge in [-0.15, -0.1) is 0 Å². The Hall–Kier alpha value is -1.62. The lowest BCUT2D eigenvalue weighted by molar-refractivity contribution is 0.0793. The third kappa shape index (κ3) is 4.21. The van der Waals surface area contributed by atoms with Gasteiger partial charge in [0.15, 0.2) is 0 Å². The van der Waals surface area contributed by atoms with Gasteiger partial charge in [0.1, 0.15) is 5.82 Å². The van der Waals surface area contributed by atoms with Crippen molar-refractivity contribution in [2.75, 3.05) is 19.0 Å². The van der Waals surface area contributed by atoms with Crippen LogP contribution in [0.5, 0.6) is 0 Å². The number of nitrogens with one attached hydrogen (secondary N) is 1. The summed E-state index contributed by atoms with van der Waals surface area (Å²) in [6, 6.07) is 3.53. The number of pyridine rings is 1.